The number of fused-ring (bicyclic) bond motifs is 12. The molecule has 0 saturated heterocycles. The molecule has 62 heavy (non-hydrogen) atoms. The van der Waals surface area contributed by atoms with E-state index in [1.807, 2.05) is 0 Å². The third-order valence-electron chi connectivity index (χ3n) is 13.4. The van der Waals surface area contributed by atoms with Crippen molar-refractivity contribution in [2.24, 2.45) is 0 Å². The molecule has 2 heterocycles. The second-order valence-corrected chi connectivity index (χ2v) is 17.2. The van der Waals surface area contributed by atoms with Crippen LogP contribution in [0.4, 0.5) is 0 Å². The van der Waals surface area contributed by atoms with Gasteiger partial charge in [0.15, 0.2) is 11.6 Å². The van der Waals surface area contributed by atoms with Crippen LogP contribution >= 0.6 is 0 Å². The zero-order valence-electron chi connectivity index (χ0n) is 34.3. The fraction of sp³-hybridized carbons (Fsp3) is 0.0517. The number of hydrogen-bond acceptors (Lipinski definition) is 3. The standard InChI is InChI=1S/C58H38N4/c1-58(2)49-30-27-37-14-7-9-18-44(37)52(49)47-29-26-41(34-50(47)58)46-20-11-21-48-53-45-19-10-8-15-38(45)28-31-51(53)62(54(46)48)57-60-55(42-24-22-35-12-3-5-16-39(35)32-42)59-56(61-57)43-25-23-36-13-4-6-17-40(36)33-43/h3-34H,1-2H3. The van der Waals surface area contributed by atoms with E-state index in [-0.39, 0.29) is 5.41 Å². The fourth-order valence-electron chi connectivity index (χ4n) is 10.3. The van der Waals surface area contributed by atoms with Gasteiger partial charge in [0.2, 0.25) is 5.95 Å². The van der Waals surface area contributed by atoms with E-state index >= 15 is 0 Å². The highest BCUT2D eigenvalue weighted by atomic mass is 15.2. The van der Waals surface area contributed by atoms with Crippen LogP contribution in [0, 0.1) is 0 Å². The summed E-state index contributed by atoms with van der Waals surface area (Å²) < 4.78 is 2.30. The second-order valence-electron chi connectivity index (χ2n) is 17.2. The lowest BCUT2D eigenvalue weighted by atomic mass is 9.81. The van der Waals surface area contributed by atoms with Gasteiger partial charge in [-0.2, -0.15) is 9.97 Å². The van der Waals surface area contributed by atoms with Crippen molar-refractivity contribution in [2.75, 3.05) is 0 Å². The quantitative estimate of drug-likeness (QED) is 0.178. The van der Waals surface area contributed by atoms with Gasteiger partial charge in [0, 0.05) is 32.9 Å². The van der Waals surface area contributed by atoms with Crippen molar-refractivity contribution in [1.82, 2.24) is 19.5 Å². The molecule has 0 atom stereocenters. The minimum Gasteiger partial charge on any atom is -0.277 e. The zero-order chi connectivity index (χ0) is 41.1. The van der Waals surface area contributed by atoms with E-state index in [9.17, 15) is 0 Å². The van der Waals surface area contributed by atoms with Crippen LogP contribution in [0.3, 0.4) is 0 Å². The van der Waals surface area contributed by atoms with Crippen LogP contribution in [0.2, 0.25) is 0 Å². The largest absolute Gasteiger partial charge is 0.277 e. The van der Waals surface area contributed by atoms with Crippen molar-refractivity contribution in [3.8, 4) is 51.0 Å². The van der Waals surface area contributed by atoms with Crippen LogP contribution in [0.1, 0.15) is 25.0 Å². The van der Waals surface area contributed by atoms with Crippen molar-refractivity contribution in [3.63, 3.8) is 0 Å². The predicted molar refractivity (Wildman–Crippen MR) is 258 cm³/mol. The lowest BCUT2D eigenvalue weighted by Gasteiger charge is -2.22. The molecule has 12 aromatic rings. The number of nitrogens with zero attached hydrogens (tertiary/aromatic N) is 4. The van der Waals surface area contributed by atoms with Crippen molar-refractivity contribution in [3.05, 3.63) is 205 Å². The molecule has 1 aliphatic rings. The molecule has 0 fully saturated rings. The average Bonchev–Trinajstić information content (AvgIpc) is 3.79. The SMILES string of the molecule is CC1(C)c2cc(-c3cccc4c5c6ccccc6ccc5n(-c5nc(-c6ccc7ccccc7c6)nc(-c6ccc7ccccc7c6)n5)c34)ccc2-c2c1ccc1ccccc21. The third-order valence-corrected chi connectivity index (χ3v) is 13.4. The maximum atomic E-state index is 5.43. The summed E-state index contributed by atoms with van der Waals surface area (Å²) in [5.74, 6) is 1.83. The topological polar surface area (TPSA) is 43.6 Å². The lowest BCUT2D eigenvalue weighted by molar-refractivity contribution is 0.661. The summed E-state index contributed by atoms with van der Waals surface area (Å²) in [6.45, 7) is 4.74. The molecule has 2 aromatic heterocycles. The molecule has 0 amide bonds. The number of para-hydroxylation sites is 1. The molecule has 0 spiro atoms. The Labute approximate surface area is 358 Å². The van der Waals surface area contributed by atoms with Gasteiger partial charge in [0.05, 0.1) is 11.0 Å². The monoisotopic (exact) mass is 790 g/mol. The second kappa shape index (κ2) is 13.0. The van der Waals surface area contributed by atoms with Crippen LogP contribution in [-0.4, -0.2) is 19.5 Å². The molecule has 4 heteroatoms. The summed E-state index contributed by atoms with van der Waals surface area (Å²) in [5, 5.41) is 11.9. The molecule has 290 valence electrons. The Balaban J connectivity index is 1.11. The van der Waals surface area contributed by atoms with Gasteiger partial charge in [-0.15, -0.1) is 0 Å². The van der Waals surface area contributed by atoms with Crippen LogP contribution in [0.15, 0.2) is 194 Å². The summed E-state index contributed by atoms with van der Waals surface area (Å²) in [6, 6.07) is 70.2. The van der Waals surface area contributed by atoms with E-state index in [4.69, 9.17) is 15.0 Å². The first kappa shape index (κ1) is 34.9. The molecule has 10 aromatic carbocycles. The van der Waals surface area contributed by atoms with Crippen LogP contribution < -0.4 is 0 Å². The minimum atomic E-state index is -0.181. The molecule has 1 aliphatic carbocycles. The van der Waals surface area contributed by atoms with Gasteiger partial charge in [-0.05, 0) is 95.2 Å². The Morgan fingerprint density at radius 3 is 1.63 bits per heavy atom. The van der Waals surface area contributed by atoms with Crippen LogP contribution in [0.25, 0.3) is 116 Å². The summed E-state index contributed by atoms with van der Waals surface area (Å²) >= 11 is 0. The van der Waals surface area contributed by atoms with E-state index in [1.165, 1.54) is 60.0 Å². The Morgan fingerprint density at radius 1 is 0.387 bits per heavy atom. The normalized spacial score (nSPS) is 13.1. The first-order valence-corrected chi connectivity index (χ1v) is 21.4. The molecule has 0 aliphatic heterocycles. The summed E-state index contributed by atoms with van der Waals surface area (Å²) in [4.78, 5) is 16.1. The summed E-state index contributed by atoms with van der Waals surface area (Å²) in [5.41, 5.74) is 11.5. The highest BCUT2D eigenvalue weighted by molar-refractivity contribution is 6.23. The van der Waals surface area contributed by atoms with Crippen LogP contribution in [-0.2, 0) is 5.41 Å². The van der Waals surface area contributed by atoms with Crippen molar-refractivity contribution < 1.29 is 0 Å². The Bertz CT molecular complexity index is 3760. The first-order valence-electron chi connectivity index (χ1n) is 21.4. The molecule has 0 saturated carbocycles. The van der Waals surface area contributed by atoms with Gasteiger partial charge in [-0.3, -0.25) is 4.57 Å². The predicted octanol–water partition coefficient (Wildman–Crippen LogP) is 14.9. The Hall–Kier alpha value is -7.95. The lowest BCUT2D eigenvalue weighted by Crippen LogP contribution is -2.15. The average molecular weight is 791 g/mol. The zero-order valence-corrected chi connectivity index (χ0v) is 34.3. The first-order chi connectivity index (χ1) is 30.5. The maximum Gasteiger partial charge on any atom is 0.238 e. The number of rotatable bonds is 4. The van der Waals surface area contributed by atoms with E-state index in [0.717, 1.165) is 49.4 Å². The molecule has 0 unspecified atom stereocenters. The van der Waals surface area contributed by atoms with E-state index in [2.05, 4.69) is 213 Å². The van der Waals surface area contributed by atoms with Crippen molar-refractivity contribution in [2.45, 2.75) is 19.3 Å². The number of hydrogen-bond donors (Lipinski definition) is 0. The van der Waals surface area contributed by atoms with E-state index < -0.39 is 0 Å². The van der Waals surface area contributed by atoms with Gasteiger partial charge in [-0.25, -0.2) is 4.98 Å². The van der Waals surface area contributed by atoms with E-state index in [1.54, 1.807) is 0 Å². The third kappa shape index (κ3) is 5.10. The molecule has 13 rings (SSSR count). The van der Waals surface area contributed by atoms with Gasteiger partial charge in [0.1, 0.15) is 0 Å². The number of aromatic nitrogens is 4. The molecule has 0 N–H and O–H groups in total. The highest BCUT2D eigenvalue weighted by Crippen LogP contribution is 2.53. The van der Waals surface area contributed by atoms with Crippen molar-refractivity contribution >= 4 is 64.9 Å². The minimum absolute atomic E-state index is 0.181. The van der Waals surface area contributed by atoms with Gasteiger partial charge in [0.25, 0.3) is 0 Å². The molecule has 4 nitrogen and oxygen atoms in total. The highest BCUT2D eigenvalue weighted by Gasteiger charge is 2.37. The summed E-state index contributed by atoms with van der Waals surface area (Å²) in [7, 11) is 0. The summed E-state index contributed by atoms with van der Waals surface area (Å²) in [6.07, 6.45) is 0. The smallest absolute Gasteiger partial charge is 0.238 e. The van der Waals surface area contributed by atoms with Gasteiger partial charge >= 0.3 is 0 Å². The Kier molecular flexibility index (Phi) is 7.32. The van der Waals surface area contributed by atoms with Gasteiger partial charge < -0.3 is 0 Å². The molecule has 0 bridgehead atoms. The molecular weight excluding hydrogens is 753 g/mol. The van der Waals surface area contributed by atoms with Crippen molar-refractivity contribution in [1.29, 1.82) is 0 Å². The van der Waals surface area contributed by atoms with E-state index in [0.29, 0.717) is 17.6 Å². The molecule has 0 radical (unpaired) electrons. The van der Waals surface area contributed by atoms with Crippen LogP contribution in [0.5, 0.6) is 0 Å². The fourth-order valence-corrected chi connectivity index (χ4v) is 10.3. The maximum absolute atomic E-state index is 5.43. The Morgan fingerprint density at radius 2 is 0.935 bits per heavy atom. The molecular formula is C58H38N4. The van der Waals surface area contributed by atoms with Gasteiger partial charge in [-0.1, -0.05) is 184 Å². The number of benzene rings is 10.